The predicted octanol–water partition coefficient (Wildman–Crippen LogP) is 5.15. The Labute approximate surface area is 339 Å². The number of aliphatic hydroxyl groups is 1. The third-order valence-electron chi connectivity index (χ3n) is 10.4. The number of β-amino-alcohol motifs (C(OH)–C–C–N with tert-alkyl or cyclic N) is 1. The van der Waals surface area contributed by atoms with Crippen LogP contribution in [0.1, 0.15) is 51.3 Å². The summed E-state index contributed by atoms with van der Waals surface area (Å²) in [7, 11) is 0. The summed E-state index contributed by atoms with van der Waals surface area (Å²) in [4.78, 5) is 54.0. The molecule has 0 unspecified atom stereocenters. The van der Waals surface area contributed by atoms with Crippen LogP contribution >= 0.6 is 22.7 Å². The van der Waals surface area contributed by atoms with Crippen LogP contribution in [0.3, 0.4) is 0 Å². The summed E-state index contributed by atoms with van der Waals surface area (Å²) in [6.07, 6.45) is -0.685. The Kier molecular flexibility index (Phi) is 12.1. The van der Waals surface area contributed by atoms with E-state index in [4.69, 9.17) is 19.2 Å². The molecule has 3 aliphatic rings. The third kappa shape index (κ3) is 9.57. The highest BCUT2D eigenvalue weighted by atomic mass is 32.1. The normalized spacial score (nSPS) is 19.5. The number of halogens is 1. The van der Waals surface area contributed by atoms with Crippen molar-refractivity contribution in [2.75, 3.05) is 51.0 Å². The van der Waals surface area contributed by atoms with Crippen molar-refractivity contribution >= 4 is 45.5 Å². The van der Waals surface area contributed by atoms with E-state index in [2.05, 4.69) is 25.9 Å². The number of nitrogens with one attached hydrogen (secondary N) is 2. The number of rotatable bonds is 14. The van der Waals surface area contributed by atoms with Gasteiger partial charge in [0.05, 0.1) is 41.1 Å². The first kappa shape index (κ1) is 40.6. The SMILES string of the molecule is Cc1ncsc1-c1ccc(CNC(=O)[C@@H]2C[C@@H](O)CN2C(=O)[C@@H](NC(=O)C2(F)CC2)C(C)(C)C)c(OCCOc2ccc(-c3csc(N4CCOCC4)n3)cc2)c1. The number of alkyl halides is 1. The number of nitrogens with zero attached hydrogens (tertiary/aromatic N) is 4. The van der Waals surface area contributed by atoms with Crippen LogP contribution in [0.15, 0.2) is 53.4 Å². The van der Waals surface area contributed by atoms with Crippen molar-refractivity contribution in [2.24, 2.45) is 5.41 Å². The summed E-state index contributed by atoms with van der Waals surface area (Å²) in [6, 6.07) is 11.5. The zero-order valence-corrected chi connectivity index (χ0v) is 34.2. The van der Waals surface area contributed by atoms with Crippen LogP contribution in [0.5, 0.6) is 11.5 Å². The number of ether oxygens (including phenoxy) is 3. The fourth-order valence-electron chi connectivity index (χ4n) is 6.90. The number of aliphatic hydroxyl groups excluding tert-OH is 1. The van der Waals surface area contributed by atoms with Crippen LogP contribution in [-0.2, 0) is 25.7 Å². The van der Waals surface area contributed by atoms with E-state index in [-0.39, 0.29) is 45.6 Å². The van der Waals surface area contributed by atoms with Gasteiger partial charge in [0.1, 0.15) is 36.8 Å². The molecule has 16 heteroatoms. The number of aromatic nitrogens is 2. The van der Waals surface area contributed by atoms with E-state index in [9.17, 15) is 23.9 Å². The number of benzene rings is 2. The molecule has 0 bridgehead atoms. The molecule has 3 fully saturated rings. The number of thiazole rings is 2. The van der Waals surface area contributed by atoms with Crippen LogP contribution in [0.4, 0.5) is 9.52 Å². The number of aryl methyl sites for hydroxylation is 1. The van der Waals surface area contributed by atoms with Crippen molar-refractivity contribution in [3.05, 3.63) is 64.6 Å². The van der Waals surface area contributed by atoms with Gasteiger partial charge in [-0.25, -0.2) is 14.4 Å². The number of amides is 3. The van der Waals surface area contributed by atoms with Gasteiger partial charge in [-0.2, -0.15) is 0 Å². The minimum atomic E-state index is -1.96. The Bertz CT molecular complexity index is 2060. The predicted molar refractivity (Wildman–Crippen MR) is 216 cm³/mol. The molecule has 304 valence electrons. The van der Waals surface area contributed by atoms with Gasteiger partial charge >= 0.3 is 0 Å². The highest BCUT2D eigenvalue weighted by Crippen LogP contribution is 2.40. The fourth-order valence-corrected chi connectivity index (χ4v) is 8.59. The van der Waals surface area contributed by atoms with Crippen molar-refractivity contribution in [1.29, 1.82) is 0 Å². The lowest BCUT2D eigenvalue weighted by molar-refractivity contribution is -0.145. The van der Waals surface area contributed by atoms with Crippen molar-refractivity contribution in [1.82, 2.24) is 25.5 Å². The second-order valence-corrected chi connectivity index (χ2v) is 17.5. The molecule has 4 heterocycles. The number of morpholine rings is 1. The molecule has 2 aliphatic heterocycles. The average Bonchev–Trinajstić information content (AvgIpc) is 3.52. The Morgan fingerprint density at radius 2 is 1.77 bits per heavy atom. The van der Waals surface area contributed by atoms with E-state index in [0.717, 1.165) is 45.6 Å². The van der Waals surface area contributed by atoms with Crippen LogP contribution in [0.2, 0.25) is 0 Å². The van der Waals surface area contributed by atoms with Crippen LogP contribution < -0.4 is 25.0 Å². The molecule has 2 saturated heterocycles. The smallest absolute Gasteiger partial charge is 0.258 e. The van der Waals surface area contributed by atoms with Crippen LogP contribution in [0, 0.1) is 12.3 Å². The van der Waals surface area contributed by atoms with Crippen LogP contribution in [-0.4, -0.2) is 108 Å². The quantitative estimate of drug-likeness (QED) is 0.146. The lowest BCUT2D eigenvalue weighted by Crippen LogP contribution is -2.59. The molecule has 1 saturated carbocycles. The number of hydrogen-bond donors (Lipinski definition) is 3. The first-order chi connectivity index (χ1) is 27.3. The molecule has 3 atom stereocenters. The number of carbonyl (C=O) groups excluding carboxylic acids is 3. The second-order valence-electron chi connectivity index (χ2n) is 15.8. The average molecular weight is 821 g/mol. The molecule has 0 spiro atoms. The van der Waals surface area contributed by atoms with Crippen molar-refractivity contribution in [3.63, 3.8) is 0 Å². The summed E-state index contributed by atoms with van der Waals surface area (Å²) < 4.78 is 32.4. The maximum Gasteiger partial charge on any atom is 0.258 e. The van der Waals surface area contributed by atoms with E-state index < -0.39 is 47.0 Å². The molecule has 13 nitrogen and oxygen atoms in total. The lowest BCUT2D eigenvalue weighted by atomic mass is 9.85. The van der Waals surface area contributed by atoms with Crippen LogP contribution in [0.25, 0.3) is 21.7 Å². The topological polar surface area (TPSA) is 155 Å². The number of hydrogen-bond acceptors (Lipinski definition) is 12. The first-order valence-corrected chi connectivity index (χ1v) is 21.0. The van der Waals surface area contributed by atoms with E-state index in [0.29, 0.717) is 30.3 Å². The maximum atomic E-state index is 14.6. The zero-order chi connectivity index (χ0) is 40.3. The van der Waals surface area contributed by atoms with E-state index in [1.54, 1.807) is 37.6 Å². The third-order valence-corrected chi connectivity index (χ3v) is 12.3. The van der Waals surface area contributed by atoms with Gasteiger partial charge in [-0.3, -0.25) is 14.4 Å². The Hall–Kier alpha value is -4.64. The van der Waals surface area contributed by atoms with Crippen molar-refractivity contribution in [2.45, 2.75) is 77.4 Å². The lowest BCUT2D eigenvalue weighted by Gasteiger charge is -2.35. The number of anilines is 1. The van der Waals surface area contributed by atoms with Gasteiger partial charge in [0.15, 0.2) is 10.8 Å². The molecule has 0 radical (unpaired) electrons. The molecular weight excluding hydrogens is 772 g/mol. The number of likely N-dealkylation sites (tertiary alicyclic amines) is 1. The van der Waals surface area contributed by atoms with E-state index in [1.807, 2.05) is 49.4 Å². The van der Waals surface area contributed by atoms with Gasteiger partial charge in [0, 0.05) is 49.1 Å². The molecule has 7 rings (SSSR count). The minimum Gasteiger partial charge on any atom is -0.490 e. The summed E-state index contributed by atoms with van der Waals surface area (Å²) in [5.74, 6) is -0.585. The molecule has 3 amide bonds. The van der Waals surface area contributed by atoms with Gasteiger partial charge in [0.2, 0.25) is 11.8 Å². The molecule has 4 aromatic rings. The van der Waals surface area contributed by atoms with E-state index in [1.165, 1.54) is 16.2 Å². The highest BCUT2D eigenvalue weighted by Gasteiger charge is 2.53. The molecule has 2 aromatic carbocycles. The molecule has 1 aliphatic carbocycles. The summed E-state index contributed by atoms with van der Waals surface area (Å²) in [5.41, 5.74) is 3.47. The summed E-state index contributed by atoms with van der Waals surface area (Å²) in [5, 5.41) is 19.2. The standard InChI is InChI=1S/C41H49FN6O7S2/c1-25-34(57-24-44-25)27-5-6-28(21-43-36(50)32-20-29(49)22-48(32)37(51)35(40(2,3)4)46-38(52)41(42)11-12-41)33(19-27)55-18-17-54-30-9-7-26(8-10-30)31-23-56-39(45-31)47-13-15-53-16-14-47/h5-10,19,23-24,29,32,35,49H,11-18,20-22H2,1-4H3,(H,43,50)(H,46,52)/t29-,32+,35-/m1/s1. The largest absolute Gasteiger partial charge is 0.490 e. The molecule has 2 aromatic heterocycles. The maximum absolute atomic E-state index is 14.6. The molecule has 3 N–H and O–H groups in total. The molecule has 57 heavy (non-hydrogen) atoms. The van der Waals surface area contributed by atoms with Gasteiger partial charge < -0.3 is 39.8 Å². The van der Waals surface area contributed by atoms with Gasteiger partial charge in [-0.05, 0) is 61.1 Å². The Morgan fingerprint density at radius 3 is 2.46 bits per heavy atom. The minimum absolute atomic E-state index is 0.0277. The molecular formula is C41H49FN6O7S2. The Balaban J connectivity index is 0.985. The first-order valence-electron chi connectivity index (χ1n) is 19.2. The fraction of sp³-hybridized carbons (Fsp3) is 0.488. The van der Waals surface area contributed by atoms with Gasteiger partial charge in [-0.1, -0.05) is 32.9 Å². The van der Waals surface area contributed by atoms with Gasteiger partial charge in [-0.15, -0.1) is 22.7 Å². The van der Waals surface area contributed by atoms with Crippen molar-refractivity contribution in [3.8, 4) is 33.2 Å². The van der Waals surface area contributed by atoms with E-state index >= 15 is 0 Å². The zero-order valence-electron chi connectivity index (χ0n) is 32.6. The summed E-state index contributed by atoms with van der Waals surface area (Å²) in [6.45, 7) is 10.8. The Morgan fingerprint density at radius 1 is 1.05 bits per heavy atom. The monoisotopic (exact) mass is 820 g/mol. The van der Waals surface area contributed by atoms with Gasteiger partial charge in [0.25, 0.3) is 5.91 Å². The summed E-state index contributed by atoms with van der Waals surface area (Å²) >= 11 is 3.15. The number of carbonyl (C=O) groups is 3. The van der Waals surface area contributed by atoms with Crippen molar-refractivity contribution < 1.29 is 38.1 Å². The highest BCUT2D eigenvalue weighted by molar-refractivity contribution is 7.14. The second kappa shape index (κ2) is 17.1.